The van der Waals surface area contributed by atoms with Crippen molar-refractivity contribution >= 4 is 21.6 Å². The molecule has 0 saturated carbocycles. The van der Waals surface area contributed by atoms with Crippen LogP contribution in [0.1, 0.15) is 25.5 Å². The van der Waals surface area contributed by atoms with Gasteiger partial charge < -0.3 is 15.4 Å². The second kappa shape index (κ2) is 6.99. The van der Waals surface area contributed by atoms with Crippen molar-refractivity contribution in [1.29, 1.82) is 0 Å². The minimum atomic E-state index is 0.0269. The van der Waals surface area contributed by atoms with E-state index in [2.05, 4.69) is 46.0 Å². The Bertz CT molecular complexity index is 355. The van der Waals surface area contributed by atoms with E-state index in [0.717, 1.165) is 29.7 Å². The van der Waals surface area contributed by atoms with Crippen molar-refractivity contribution in [2.75, 3.05) is 31.7 Å². The summed E-state index contributed by atoms with van der Waals surface area (Å²) in [6, 6.07) is 6.28. The molecule has 4 heteroatoms. The Morgan fingerprint density at radius 1 is 1.47 bits per heavy atom. The molecule has 1 rings (SSSR count). The first-order chi connectivity index (χ1) is 8.10. The zero-order valence-corrected chi connectivity index (χ0v) is 12.3. The summed E-state index contributed by atoms with van der Waals surface area (Å²) in [5, 5.41) is 0. The summed E-state index contributed by atoms with van der Waals surface area (Å²) in [4.78, 5) is 2.29. The molecule has 0 aromatic heterocycles. The third kappa shape index (κ3) is 3.98. The van der Waals surface area contributed by atoms with Gasteiger partial charge in [-0.25, -0.2) is 0 Å². The maximum Gasteiger partial charge on any atom is 0.0637 e. The maximum absolute atomic E-state index is 6.03. The molecule has 1 atom stereocenters. The fourth-order valence-electron chi connectivity index (χ4n) is 1.83. The normalized spacial score (nSPS) is 12.5. The van der Waals surface area contributed by atoms with Gasteiger partial charge in [-0.05, 0) is 37.6 Å². The van der Waals surface area contributed by atoms with Gasteiger partial charge in [0.25, 0.3) is 0 Å². The van der Waals surface area contributed by atoms with Gasteiger partial charge in [-0.2, -0.15) is 0 Å². The van der Waals surface area contributed by atoms with Gasteiger partial charge in [-0.1, -0.05) is 15.9 Å². The van der Waals surface area contributed by atoms with Gasteiger partial charge in [0.15, 0.2) is 0 Å². The van der Waals surface area contributed by atoms with Crippen LogP contribution < -0.4 is 10.6 Å². The summed E-state index contributed by atoms with van der Waals surface area (Å²) in [5.74, 6) is 0. The van der Waals surface area contributed by atoms with E-state index in [0.29, 0.717) is 0 Å². The first kappa shape index (κ1) is 14.5. The fraction of sp³-hybridized carbons (Fsp3) is 0.538. The molecule has 0 radical (unpaired) electrons. The van der Waals surface area contributed by atoms with Crippen LogP contribution in [-0.2, 0) is 4.74 Å². The van der Waals surface area contributed by atoms with Crippen LogP contribution in [0.2, 0.25) is 0 Å². The molecule has 1 unspecified atom stereocenters. The van der Waals surface area contributed by atoms with E-state index >= 15 is 0 Å². The number of nitrogens with zero attached hydrogens (tertiary/aromatic N) is 1. The number of nitrogens with two attached hydrogens (primary N) is 1. The molecule has 0 aliphatic heterocycles. The van der Waals surface area contributed by atoms with Crippen molar-refractivity contribution in [2.45, 2.75) is 19.9 Å². The molecule has 0 spiro atoms. The number of hydrogen-bond donors (Lipinski definition) is 1. The second-order valence-corrected chi connectivity index (χ2v) is 4.98. The van der Waals surface area contributed by atoms with Crippen molar-refractivity contribution in [3.05, 3.63) is 28.2 Å². The van der Waals surface area contributed by atoms with E-state index < -0.39 is 0 Å². The Balaban J connectivity index is 3.00. The summed E-state index contributed by atoms with van der Waals surface area (Å²) < 4.78 is 6.20. The molecule has 0 bridgehead atoms. The summed E-state index contributed by atoms with van der Waals surface area (Å²) >= 11 is 3.49. The lowest BCUT2D eigenvalue weighted by molar-refractivity contribution is 0.205. The number of halogens is 1. The maximum atomic E-state index is 6.03. The summed E-state index contributed by atoms with van der Waals surface area (Å²) in [6.07, 6.45) is 0. The third-order valence-corrected chi connectivity index (χ3v) is 3.26. The Kier molecular flexibility index (Phi) is 5.95. The van der Waals surface area contributed by atoms with E-state index in [4.69, 9.17) is 10.5 Å². The van der Waals surface area contributed by atoms with Gasteiger partial charge >= 0.3 is 0 Å². The van der Waals surface area contributed by atoms with Gasteiger partial charge in [0.1, 0.15) is 0 Å². The SMILES string of the molecule is CCN(CCOC)c1ccc(Br)cc1C(C)N. The molecule has 17 heavy (non-hydrogen) atoms. The Labute approximate surface area is 112 Å². The van der Waals surface area contributed by atoms with Gasteiger partial charge in [-0.3, -0.25) is 0 Å². The highest BCUT2D eigenvalue weighted by Crippen LogP contribution is 2.28. The first-order valence-corrected chi connectivity index (χ1v) is 6.68. The smallest absolute Gasteiger partial charge is 0.0637 e. The number of hydrogen-bond acceptors (Lipinski definition) is 3. The van der Waals surface area contributed by atoms with E-state index in [1.165, 1.54) is 5.69 Å². The number of rotatable bonds is 6. The van der Waals surface area contributed by atoms with Crippen LogP contribution in [0.3, 0.4) is 0 Å². The molecule has 1 aromatic carbocycles. The molecule has 0 fully saturated rings. The summed E-state index contributed by atoms with van der Waals surface area (Å²) in [7, 11) is 1.72. The summed E-state index contributed by atoms with van der Waals surface area (Å²) in [6.45, 7) is 6.71. The van der Waals surface area contributed by atoms with Crippen molar-refractivity contribution in [3.63, 3.8) is 0 Å². The van der Waals surface area contributed by atoms with Crippen LogP contribution in [-0.4, -0.2) is 26.8 Å². The van der Waals surface area contributed by atoms with Gasteiger partial charge in [-0.15, -0.1) is 0 Å². The minimum absolute atomic E-state index is 0.0269. The predicted molar refractivity (Wildman–Crippen MR) is 76.5 cm³/mol. The van der Waals surface area contributed by atoms with E-state index in [9.17, 15) is 0 Å². The standard InChI is InChI=1S/C13H21BrN2O/c1-4-16(7-8-17-3)13-6-5-11(14)9-12(13)10(2)15/h5-6,9-10H,4,7-8,15H2,1-3H3. The topological polar surface area (TPSA) is 38.5 Å². The molecule has 0 aliphatic carbocycles. The zero-order chi connectivity index (χ0) is 12.8. The Morgan fingerprint density at radius 3 is 2.71 bits per heavy atom. The number of likely N-dealkylation sites (N-methyl/N-ethyl adjacent to an activating group) is 1. The van der Waals surface area contributed by atoms with Crippen molar-refractivity contribution in [3.8, 4) is 0 Å². The predicted octanol–water partition coefficient (Wildman–Crippen LogP) is 2.94. The molecule has 0 amide bonds. The van der Waals surface area contributed by atoms with Crippen LogP contribution in [0.5, 0.6) is 0 Å². The highest BCUT2D eigenvalue weighted by molar-refractivity contribution is 9.10. The summed E-state index contributed by atoms with van der Waals surface area (Å²) in [5.41, 5.74) is 8.39. The molecule has 2 N–H and O–H groups in total. The van der Waals surface area contributed by atoms with Crippen LogP contribution in [0.15, 0.2) is 22.7 Å². The van der Waals surface area contributed by atoms with Crippen molar-refractivity contribution < 1.29 is 4.74 Å². The minimum Gasteiger partial charge on any atom is -0.383 e. The average molecular weight is 301 g/mol. The average Bonchev–Trinajstić information content (AvgIpc) is 2.31. The van der Waals surface area contributed by atoms with Crippen LogP contribution in [0, 0.1) is 0 Å². The van der Waals surface area contributed by atoms with Crippen LogP contribution >= 0.6 is 15.9 Å². The van der Waals surface area contributed by atoms with Gasteiger partial charge in [0, 0.05) is 36.4 Å². The molecule has 3 nitrogen and oxygen atoms in total. The van der Waals surface area contributed by atoms with Crippen LogP contribution in [0.25, 0.3) is 0 Å². The third-order valence-electron chi connectivity index (χ3n) is 2.77. The molecule has 0 saturated heterocycles. The largest absolute Gasteiger partial charge is 0.383 e. The fourth-order valence-corrected chi connectivity index (χ4v) is 2.21. The monoisotopic (exact) mass is 300 g/mol. The highest BCUT2D eigenvalue weighted by Gasteiger charge is 2.12. The van der Waals surface area contributed by atoms with Crippen molar-refractivity contribution in [2.24, 2.45) is 5.73 Å². The lowest BCUT2D eigenvalue weighted by atomic mass is 10.1. The quantitative estimate of drug-likeness (QED) is 0.878. The Hall–Kier alpha value is -0.580. The highest BCUT2D eigenvalue weighted by atomic mass is 79.9. The number of benzene rings is 1. The zero-order valence-electron chi connectivity index (χ0n) is 10.7. The second-order valence-electron chi connectivity index (χ2n) is 4.06. The molecular weight excluding hydrogens is 280 g/mol. The molecule has 96 valence electrons. The van der Waals surface area contributed by atoms with Crippen LogP contribution in [0.4, 0.5) is 5.69 Å². The lowest BCUT2D eigenvalue weighted by Gasteiger charge is -2.27. The molecular formula is C13H21BrN2O. The number of ether oxygens (including phenoxy) is 1. The van der Waals surface area contributed by atoms with Gasteiger partial charge in [0.05, 0.1) is 6.61 Å². The van der Waals surface area contributed by atoms with Gasteiger partial charge in [0.2, 0.25) is 0 Å². The van der Waals surface area contributed by atoms with E-state index in [-0.39, 0.29) is 6.04 Å². The molecule has 1 aromatic rings. The molecule has 0 heterocycles. The van der Waals surface area contributed by atoms with E-state index in [1.807, 2.05) is 6.92 Å². The lowest BCUT2D eigenvalue weighted by Crippen LogP contribution is -2.28. The molecule has 0 aliphatic rings. The number of anilines is 1. The van der Waals surface area contributed by atoms with E-state index in [1.54, 1.807) is 7.11 Å². The number of methoxy groups -OCH3 is 1. The Morgan fingerprint density at radius 2 is 2.18 bits per heavy atom. The first-order valence-electron chi connectivity index (χ1n) is 5.89. The van der Waals surface area contributed by atoms with Crippen molar-refractivity contribution in [1.82, 2.24) is 0 Å².